The summed E-state index contributed by atoms with van der Waals surface area (Å²) < 4.78 is 22.4. The van der Waals surface area contributed by atoms with Gasteiger partial charge in [0.25, 0.3) is 5.56 Å². The standard InChI is InChI=1S/C38H27FN2O2S/c39-29-17-14-27(15-18-29)36-33-21-16-26-7-2-4-11-32(26)35(33)40-38-41(36)37(42)34(44-38)22-24-12-19-30(20-13-24)43-23-28-9-5-8-25-6-1-3-10-31(25)28/h1-15,17-20,22,36H,16,21,23H2/b34-22+/t36-/m0/s1. The van der Waals surface area contributed by atoms with Crippen molar-refractivity contribution in [3.63, 3.8) is 0 Å². The molecular formula is C38H27FN2O2S. The molecule has 0 radical (unpaired) electrons. The summed E-state index contributed by atoms with van der Waals surface area (Å²) in [5.41, 5.74) is 7.23. The maximum atomic E-state index is 14.0. The average Bonchev–Trinajstić information content (AvgIpc) is 3.37. The highest BCUT2D eigenvalue weighted by atomic mass is 32.1. The van der Waals surface area contributed by atoms with Crippen LogP contribution in [0.2, 0.25) is 0 Å². The number of benzene rings is 5. The van der Waals surface area contributed by atoms with Crippen LogP contribution in [-0.4, -0.2) is 4.57 Å². The number of allylic oxidation sites excluding steroid dienone is 1. The van der Waals surface area contributed by atoms with Crippen LogP contribution in [0.3, 0.4) is 0 Å². The van der Waals surface area contributed by atoms with Crippen molar-refractivity contribution in [3.8, 4) is 5.75 Å². The highest BCUT2D eigenvalue weighted by Crippen LogP contribution is 2.41. The first kappa shape index (κ1) is 26.5. The van der Waals surface area contributed by atoms with Gasteiger partial charge in [-0.25, -0.2) is 9.38 Å². The minimum absolute atomic E-state index is 0.0928. The number of aryl methyl sites for hydroxylation is 1. The molecule has 8 rings (SSSR count). The number of aromatic nitrogens is 1. The molecule has 1 atom stereocenters. The van der Waals surface area contributed by atoms with E-state index in [1.165, 1.54) is 39.8 Å². The van der Waals surface area contributed by atoms with Gasteiger partial charge in [0.05, 0.1) is 16.3 Å². The molecule has 6 heteroatoms. The quantitative estimate of drug-likeness (QED) is 0.212. The van der Waals surface area contributed by atoms with E-state index in [9.17, 15) is 9.18 Å². The lowest BCUT2D eigenvalue weighted by Crippen LogP contribution is -2.38. The van der Waals surface area contributed by atoms with E-state index in [4.69, 9.17) is 9.73 Å². The lowest BCUT2D eigenvalue weighted by atomic mass is 9.83. The molecule has 0 unspecified atom stereocenters. The number of rotatable bonds is 5. The number of ether oxygens (including phenoxy) is 1. The Bertz CT molecular complexity index is 2260. The molecule has 2 heterocycles. The average molecular weight is 595 g/mol. The Morgan fingerprint density at radius 1 is 0.864 bits per heavy atom. The van der Waals surface area contributed by atoms with Crippen molar-refractivity contribution in [1.29, 1.82) is 0 Å². The Morgan fingerprint density at radius 3 is 2.50 bits per heavy atom. The van der Waals surface area contributed by atoms with E-state index in [0.717, 1.165) is 52.1 Å². The van der Waals surface area contributed by atoms with Gasteiger partial charge < -0.3 is 4.74 Å². The molecule has 2 aliphatic rings. The zero-order chi connectivity index (χ0) is 29.6. The van der Waals surface area contributed by atoms with Crippen molar-refractivity contribution in [2.75, 3.05) is 0 Å². The maximum Gasteiger partial charge on any atom is 0.271 e. The fourth-order valence-electron chi connectivity index (χ4n) is 6.36. The van der Waals surface area contributed by atoms with Crippen molar-refractivity contribution in [2.24, 2.45) is 4.99 Å². The minimum Gasteiger partial charge on any atom is -0.489 e. The largest absolute Gasteiger partial charge is 0.489 e. The molecule has 214 valence electrons. The van der Waals surface area contributed by atoms with Crippen LogP contribution in [0.25, 0.3) is 22.5 Å². The summed E-state index contributed by atoms with van der Waals surface area (Å²) in [5, 5.41) is 2.38. The van der Waals surface area contributed by atoms with Crippen molar-refractivity contribution < 1.29 is 9.13 Å². The number of nitrogens with zero attached hydrogens (tertiary/aromatic N) is 2. The zero-order valence-corrected chi connectivity index (χ0v) is 24.6. The maximum absolute atomic E-state index is 14.0. The zero-order valence-electron chi connectivity index (χ0n) is 23.7. The molecule has 0 fully saturated rings. The number of hydrogen-bond donors (Lipinski definition) is 0. The number of hydrogen-bond acceptors (Lipinski definition) is 4. The summed E-state index contributed by atoms with van der Waals surface area (Å²) in [6.07, 6.45) is 3.58. The van der Waals surface area contributed by atoms with Gasteiger partial charge in [-0.05, 0) is 81.8 Å². The van der Waals surface area contributed by atoms with Gasteiger partial charge >= 0.3 is 0 Å². The third-order valence-corrected chi connectivity index (χ3v) is 9.49. The molecule has 1 aliphatic heterocycles. The summed E-state index contributed by atoms with van der Waals surface area (Å²) >= 11 is 1.39. The van der Waals surface area contributed by atoms with Crippen LogP contribution in [0.15, 0.2) is 131 Å². The Kier molecular flexibility index (Phi) is 6.57. The van der Waals surface area contributed by atoms with Gasteiger partial charge in [0.1, 0.15) is 18.2 Å². The van der Waals surface area contributed by atoms with E-state index in [1.807, 2.05) is 48.5 Å². The number of thiazole rings is 1. The van der Waals surface area contributed by atoms with Crippen LogP contribution in [0.4, 0.5) is 4.39 Å². The first-order chi connectivity index (χ1) is 21.6. The Balaban J connectivity index is 1.15. The minimum atomic E-state index is -0.331. The summed E-state index contributed by atoms with van der Waals surface area (Å²) in [7, 11) is 0. The van der Waals surface area contributed by atoms with Crippen LogP contribution in [0, 0.1) is 5.82 Å². The van der Waals surface area contributed by atoms with E-state index < -0.39 is 0 Å². The Morgan fingerprint density at radius 2 is 1.64 bits per heavy atom. The van der Waals surface area contributed by atoms with Crippen molar-refractivity contribution in [1.82, 2.24) is 4.57 Å². The van der Waals surface area contributed by atoms with E-state index in [2.05, 4.69) is 48.5 Å². The van der Waals surface area contributed by atoms with Gasteiger partial charge in [0.15, 0.2) is 4.80 Å². The number of halogens is 1. The third-order valence-electron chi connectivity index (χ3n) is 8.51. The first-order valence-corrected chi connectivity index (χ1v) is 15.5. The van der Waals surface area contributed by atoms with Gasteiger partial charge in [0.2, 0.25) is 0 Å². The summed E-state index contributed by atoms with van der Waals surface area (Å²) in [5.74, 6) is 0.466. The summed E-state index contributed by atoms with van der Waals surface area (Å²) in [6.45, 7) is 0.469. The normalized spacial score (nSPS) is 15.8. The molecule has 0 saturated heterocycles. The fourth-order valence-corrected chi connectivity index (χ4v) is 7.36. The second-order valence-corrected chi connectivity index (χ2v) is 12.2. The van der Waals surface area contributed by atoms with Crippen LogP contribution in [0.1, 0.15) is 40.3 Å². The van der Waals surface area contributed by atoms with Crippen LogP contribution < -0.4 is 19.6 Å². The van der Waals surface area contributed by atoms with Crippen LogP contribution >= 0.6 is 11.3 Å². The van der Waals surface area contributed by atoms with Gasteiger partial charge in [-0.1, -0.05) is 102 Å². The summed E-state index contributed by atoms with van der Waals surface area (Å²) in [6, 6.07) is 36.8. The molecule has 44 heavy (non-hydrogen) atoms. The Hall–Kier alpha value is -5.07. The molecule has 0 amide bonds. The highest BCUT2D eigenvalue weighted by molar-refractivity contribution is 7.07. The fraction of sp³-hybridized carbons (Fsp3) is 0.105. The molecule has 4 nitrogen and oxygen atoms in total. The third kappa shape index (κ3) is 4.68. The van der Waals surface area contributed by atoms with Gasteiger partial charge in [0, 0.05) is 5.56 Å². The van der Waals surface area contributed by atoms with Crippen LogP contribution in [0.5, 0.6) is 5.75 Å². The van der Waals surface area contributed by atoms with Crippen molar-refractivity contribution in [3.05, 3.63) is 174 Å². The highest BCUT2D eigenvalue weighted by Gasteiger charge is 2.32. The molecule has 5 aromatic carbocycles. The molecule has 6 aromatic rings. The second kappa shape index (κ2) is 10.9. The second-order valence-electron chi connectivity index (χ2n) is 11.2. The molecular weight excluding hydrogens is 567 g/mol. The predicted molar refractivity (Wildman–Crippen MR) is 174 cm³/mol. The molecule has 1 aromatic heterocycles. The van der Waals surface area contributed by atoms with E-state index in [-0.39, 0.29) is 17.4 Å². The predicted octanol–water partition coefficient (Wildman–Crippen LogP) is 7.19. The molecule has 0 spiro atoms. The first-order valence-electron chi connectivity index (χ1n) is 14.7. The molecule has 1 aliphatic carbocycles. The lowest BCUT2D eigenvalue weighted by Gasteiger charge is -2.30. The van der Waals surface area contributed by atoms with Crippen molar-refractivity contribution in [2.45, 2.75) is 25.5 Å². The van der Waals surface area contributed by atoms with Crippen LogP contribution in [-0.2, 0) is 13.0 Å². The van der Waals surface area contributed by atoms with Gasteiger partial charge in [-0.15, -0.1) is 0 Å². The number of fused-ring (bicyclic) bond motifs is 4. The topological polar surface area (TPSA) is 43.6 Å². The van der Waals surface area contributed by atoms with Gasteiger partial charge in [-0.2, -0.15) is 0 Å². The summed E-state index contributed by atoms with van der Waals surface area (Å²) in [4.78, 5) is 19.7. The Labute approximate surface area is 257 Å². The lowest BCUT2D eigenvalue weighted by molar-refractivity contribution is 0.307. The van der Waals surface area contributed by atoms with E-state index in [1.54, 1.807) is 16.7 Å². The molecule has 0 N–H and O–H groups in total. The van der Waals surface area contributed by atoms with E-state index in [0.29, 0.717) is 15.9 Å². The monoisotopic (exact) mass is 594 g/mol. The van der Waals surface area contributed by atoms with Gasteiger partial charge in [-0.3, -0.25) is 9.36 Å². The molecule has 0 saturated carbocycles. The smallest absolute Gasteiger partial charge is 0.271 e. The van der Waals surface area contributed by atoms with Crippen molar-refractivity contribution >= 4 is 33.9 Å². The molecule has 0 bridgehead atoms. The SMILES string of the molecule is O=c1/c(=C\c2ccc(OCc3cccc4ccccc34)cc2)sc2n1[C@@H](c1ccc(F)cc1)C1=C(N=2)c2ccccc2CC1. The van der Waals surface area contributed by atoms with E-state index >= 15 is 0 Å².